The maximum Gasteiger partial charge on any atom is 0.170 e. The molecular weight excluding hydrogens is 256 g/mol. The largest absolute Gasteiger partial charge is 0.487 e. The number of benzene rings is 1. The van der Waals surface area contributed by atoms with Crippen LogP contribution < -0.4 is 10.5 Å². The van der Waals surface area contributed by atoms with Gasteiger partial charge in [0.1, 0.15) is 12.4 Å². The van der Waals surface area contributed by atoms with Gasteiger partial charge < -0.3 is 15.7 Å². The van der Waals surface area contributed by atoms with Crippen LogP contribution >= 0.6 is 0 Å². The van der Waals surface area contributed by atoms with Crippen LogP contribution in [0.15, 0.2) is 35.5 Å². The molecule has 0 spiro atoms. The topological polar surface area (TPSA) is 85.7 Å². The Morgan fingerprint density at radius 2 is 2.25 bits per heavy atom. The molecule has 3 N–H and O–H groups in total. The molecule has 0 saturated carbocycles. The van der Waals surface area contributed by atoms with Crippen molar-refractivity contribution in [2.75, 3.05) is 0 Å². The number of aryl methyl sites for hydroxylation is 2. The highest BCUT2D eigenvalue weighted by Gasteiger charge is 2.06. The second-order valence-corrected chi connectivity index (χ2v) is 4.39. The molecule has 6 heteroatoms. The van der Waals surface area contributed by atoms with E-state index in [9.17, 15) is 0 Å². The highest BCUT2D eigenvalue weighted by molar-refractivity contribution is 5.97. The summed E-state index contributed by atoms with van der Waals surface area (Å²) >= 11 is 0. The first-order valence-corrected chi connectivity index (χ1v) is 6.38. The van der Waals surface area contributed by atoms with Crippen LogP contribution in [-0.4, -0.2) is 20.8 Å². The summed E-state index contributed by atoms with van der Waals surface area (Å²) in [6.45, 7) is 5.22. The number of amidine groups is 1. The zero-order valence-corrected chi connectivity index (χ0v) is 11.6. The molecule has 0 radical (unpaired) electrons. The molecular formula is C14H18N4O2. The minimum absolute atomic E-state index is 0.0601. The third-order valence-electron chi connectivity index (χ3n) is 2.91. The van der Waals surface area contributed by atoms with Gasteiger partial charge in [0.15, 0.2) is 5.84 Å². The molecule has 0 aliphatic carbocycles. The summed E-state index contributed by atoms with van der Waals surface area (Å²) in [5.41, 5.74) is 8.15. The van der Waals surface area contributed by atoms with E-state index < -0.39 is 0 Å². The average molecular weight is 274 g/mol. The first-order chi connectivity index (χ1) is 9.63. The van der Waals surface area contributed by atoms with Crippen LogP contribution in [0.1, 0.15) is 23.9 Å². The molecule has 0 aliphatic rings. The Labute approximate surface area is 117 Å². The minimum Gasteiger partial charge on any atom is -0.487 e. The first-order valence-electron chi connectivity index (χ1n) is 6.38. The van der Waals surface area contributed by atoms with Gasteiger partial charge in [-0.1, -0.05) is 17.3 Å². The number of aromatic nitrogens is 2. The van der Waals surface area contributed by atoms with Crippen LogP contribution in [0, 0.1) is 6.92 Å². The normalized spacial score (nSPS) is 11.6. The van der Waals surface area contributed by atoms with Crippen molar-refractivity contribution in [3.8, 4) is 5.75 Å². The number of nitrogens with zero attached hydrogens (tertiary/aromatic N) is 3. The summed E-state index contributed by atoms with van der Waals surface area (Å²) in [5.74, 6) is 0.723. The fourth-order valence-electron chi connectivity index (χ4n) is 1.95. The monoisotopic (exact) mass is 274 g/mol. The molecule has 2 rings (SSSR count). The Balaban J connectivity index is 2.11. The smallest absolute Gasteiger partial charge is 0.170 e. The van der Waals surface area contributed by atoms with Crippen molar-refractivity contribution in [2.45, 2.75) is 27.0 Å². The lowest BCUT2D eigenvalue weighted by atomic mass is 10.2. The minimum atomic E-state index is 0.0601. The Hall–Kier alpha value is -2.50. The lowest BCUT2D eigenvalue weighted by Gasteiger charge is -2.08. The van der Waals surface area contributed by atoms with Crippen molar-refractivity contribution in [1.29, 1.82) is 0 Å². The predicted octanol–water partition coefficient (Wildman–Crippen LogP) is 1.88. The zero-order valence-electron chi connectivity index (χ0n) is 11.6. The summed E-state index contributed by atoms with van der Waals surface area (Å²) in [6, 6.07) is 9.10. The van der Waals surface area contributed by atoms with Gasteiger partial charge in [-0.25, -0.2) is 0 Å². The number of oxime groups is 1. The Morgan fingerprint density at radius 3 is 2.95 bits per heavy atom. The summed E-state index contributed by atoms with van der Waals surface area (Å²) in [7, 11) is 0. The van der Waals surface area contributed by atoms with Gasteiger partial charge in [0.2, 0.25) is 0 Å². The van der Waals surface area contributed by atoms with Crippen molar-refractivity contribution in [3.63, 3.8) is 0 Å². The van der Waals surface area contributed by atoms with Crippen LogP contribution in [0.4, 0.5) is 0 Å². The van der Waals surface area contributed by atoms with Crippen LogP contribution in [0.5, 0.6) is 5.75 Å². The molecule has 0 amide bonds. The molecule has 1 heterocycles. The Bertz CT molecular complexity index is 619. The van der Waals surface area contributed by atoms with Crippen molar-refractivity contribution in [2.24, 2.45) is 10.9 Å². The number of nitrogens with two attached hydrogens (primary N) is 1. The molecule has 0 fully saturated rings. The number of ether oxygens (including phenoxy) is 1. The third-order valence-corrected chi connectivity index (χ3v) is 2.91. The number of rotatable bonds is 5. The second kappa shape index (κ2) is 6.10. The van der Waals surface area contributed by atoms with Crippen molar-refractivity contribution in [1.82, 2.24) is 9.78 Å². The molecule has 106 valence electrons. The molecule has 0 saturated heterocycles. The van der Waals surface area contributed by atoms with E-state index >= 15 is 0 Å². The second-order valence-electron chi connectivity index (χ2n) is 4.39. The highest BCUT2D eigenvalue weighted by atomic mass is 16.5. The lowest BCUT2D eigenvalue weighted by molar-refractivity contribution is 0.292. The maximum atomic E-state index is 8.67. The summed E-state index contributed by atoms with van der Waals surface area (Å²) in [6.07, 6.45) is 0. The fraction of sp³-hybridized carbons (Fsp3) is 0.286. The fourth-order valence-corrected chi connectivity index (χ4v) is 1.95. The number of hydrogen-bond donors (Lipinski definition) is 2. The molecule has 0 unspecified atom stereocenters. The van der Waals surface area contributed by atoms with Gasteiger partial charge in [-0.05, 0) is 32.0 Å². The number of hydrogen-bond acceptors (Lipinski definition) is 4. The average Bonchev–Trinajstić information content (AvgIpc) is 2.84. The van der Waals surface area contributed by atoms with Crippen LogP contribution in [0.25, 0.3) is 0 Å². The van der Waals surface area contributed by atoms with E-state index in [4.69, 9.17) is 15.7 Å². The van der Waals surface area contributed by atoms with E-state index in [1.165, 1.54) is 0 Å². The molecule has 0 aliphatic heterocycles. The molecule has 1 aromatic carbocycles. The molecule has 2 aromatic rings. The summed E-state index contributed by atoms with van der Waals surface area (Å²) < 4.78 is 7.64. The van der Waals surface area contributed by atoms with Gasteiger partial charge in [-0.15, -0.1) is 0 Å². The van der Waals surface area contributed by atoms with E-state index in [0.717, 1.165) is 17.9 Å². The SMILES string of the molecule is CCn1nc(C)cc1COc1cccc(C(N)=NO)c1. The molecule has 20 heavy (non-hydrogen) atoms. The van der Waals surface area contributed by atoms with Gasteiger partial charge in [0.05, 0.1) is 11.4 Å². The van der Waals surface area contributed by atoms with Crippen LogP contribution in [0.3, 0.4) is 0 Å². The van der Waals surface area contributed by atoms with Gasteiger partial charge in [0, 0.05) is 12.1 Å². The Morgan fingerprint density at radius 1 is 1.45 bits per heavy atom. The van der Waals surface area contributed by atoms with E-state index in [0.29, 0.717) is 17.9 Å². The lowest BCUT2D eigenvalue weighted by Crippen LogP contribution is -2.13. The maximum absolute atomic E-state index is 8.67. The van der Waals surface area contributed by atoms with Gasteiger partial charge in [0.25, 0.3) is 0 Å². The standard InChI is InChI=1S/C14H18N4O2/c1-3-18-12(7-10(2)16-18)9-20-13-6-4-5-11(8-13)14(15)17-19/h4-8,19H,3,9H2,1-2H3,(H2,15,17). The van der Waals surface area contributed by atoms with E-state index in [-0.39, 0.29) is 5.84 Å². The molecule has 0 atom stereocenters. The molecule has 0 bridgehead atoms. The Kier molecular flexibility index (Phi) is 4.24. The molecule has 6 nitrogen and oxygen atoms in total. The molecule has 1 aromatic heterocycles. The van der Waals surface area contributed by atoms with Crippen molar-refractivity contribution < 1.29 is 9.94 Å². The van der Waals surface area contributed by atoms with E-state index in [1.807, 2.05) is 30.7 Å². The third kappa shape index (κ3) is 3.09. The van der Waals surface area contributed by atoms with Gasteiger partial charge in [-0.3, -0.25) is 4.68 Å². The summed E-state index contributed by atoms with van der Waals surface area (Å²) in [4.78, 5) is 0. The zero-order chi connectivity index (χ0) is 14.5. The predicted molar refractivity (Wildman–Crippen MR) is 75.9 cm³/mol. The highest BCUT2D eigenvalue weighted by Crippen LogP contribution is 2.15. The quantitative estimate of drug-likeness (QED) is 0.377. The van der Waals surface area contributed by atoms with Gasteiger partial charge in [-0.2, -0.15) is 5.10 Å². The van der Waals surface area contributed by atoms with Crippen LogP contribution in [-0.2, 0) is 13.2 Å². The van der Waals surface area contributed by atoms with Crippen molar-refractivity contribution in [3.05, 3.63) is 47.3 Å². The van der Waals surface area contributed by atoms with E-state index in [2.05, 4.69) is 10.3 Å². The van der Waals surface area contributed by atoms with Crippen LogP contribution in [0.2, 0.25) is 0 Å². The summed E-state index contributed by atoms with van der Waals surface area (Å²) in [5, 5.41) is 16.0. The van der Waals surface area contributed by atoms with Crippen molar-refractivity contribution >= 4 is 5.84 Å². The first kappa shape index (κ1) is 13.9. The van der Waals surface area contributed by atoms with Gasteiger partial charge >= 0.3 is 0 Å². The van der Waals surface area contributed by atoms with E-state index in [1.54, 1.807) is 18.2 Å².